The molecular formula is C13H21NO5. The predicted octanol–water partition coefficient (Wildman–Crippen LogP) is 0.363. The van der Waals surface area contributed by atoms with E-state index >= 15 is 0 Å². The van der Waals surface area contributed by atoms with Crippen LogP contribution in [0.3, 0.4) is 0 Å². The minimum Gasteiger partial charge on any atom is -0.481 e. The Balaban J connectivity index is 1.99. The molecule has 0 aromatic rings. The van der Waals surface area contributed by atoms with Gasteiger partial charge in [0.05, 0.1) is 12.0 Å². The highest BCUT2D eigenvalue weighted by atomic mass is 16.5. The quantitative estimate of drug-likeness (QED) is 0.731. The van der Waals surface area contributed by atoms with Crippen molar-refractivity contribution < 1.29 is 24.2 Å². The van der Waals surface area contributed by atoms with Gasteiger partial charge in [-0.2, -0.15) is 0 Å². The number of carbonyl (C=O) groups is 2. The van der Waals surface area contributed by atoms with Gasteiger partial charge in [0.15, 0.2) is 0 Å². The Bertz CT molecular complexity index is 359. The van der Waals surface area contributed by atoms with Gasteiger partial charge in [0.1, 0.15) is 0 Å². The molecule has 6 nitrogen and oxygen atoms in total. The molecule has 2 atom stereocenters. The lowest BCUT2D eigenvalue weighted by atomic mass is 9.74. The standard InChI is InChI=1S/C13H21NO5/c1-18-5-2-3-11(15)14-7-10-8-19-6-4-13(10,9-14)12(16)17/h10H,2-9H2,1H3,(H,16,17)/t10-,13+/m0/s1. The molecule has 19 heavy (non-hydrogen) atoms. The minimum absolute atomic E-state index is 0.0204. The number of amides is 1. The fourth-order valence-electron chi connectivity index (χ4n) is 3.02. The second-order valence-electron chi connectivity index (χ2n) is 5.35. The van der Waals surface area contributed by atoms with Crippen molar-refractivity contribution in [1.82, 2.24) is 4.90 Å². The summed E-state index contributed by atoms with van der Waals surface area (Å²) in [6.07, 6.45) is 1.58. The van der Waals surface area contributed by atoms with Gasteiger partial charge in [-0.05, 0) is 12.8 Å². The molecule has 6 heteroatoms. The van der Waals surface area contributed by atoms with Crippen molar-refractivity contribution >= 4 is 11.9 Å². The molecule has 2 fully saturated rings. The number of ether oxygens (including phenoxy) is 2. The molecule has 1 N–H and O–H groups in total. The number of carboxylic acids is 1. The number of likely N-dealkylation sites (tertiary alicyclic amines) is 1. The number of aliphatic carboxylic acids is 1. The van der Waals surface area contributed by atoms with Crippen molar-refractivity contribution in [3.8, 4) is 0 Å². The van der Waals surface area contributed by atoms with E-state index in [1.165, 1.54) is 0 Å². The van der Waals surface area contributed by atoms with Crippen LogP contribution < -0.4 is 0 Å². The van der Waals surface area contributed by atoms with Crippen molar-refractivity contribution in [3.05, 3.63) is 0 Å². The highest BCUT2D eigenvalue weighted by Crippen LogP contribution is 2.42. The Hall–Kier alpha value is -1.14. The average molecular weight is 271 g/mol. The van der Waals surface area contributed by atoms with Gasteiger partial charge in [0, 0.05) is 45.8 Å². The molecule has 0 radical (unpaired) electrons. The monoisotopic (exact) mass is 271 g/mol. The Labute approximate surface area is 112 Å². The zero-order chi connectivity index (χ0) is 13.9. The third kappa shape index (κ3) is 2.74. The topological polar surface area (TPSA) is 76.1 Å². The molecule has 0 aromatic heterocycles. The van der Waals surface area contributed by atoms with Crippen molar-refractivity contribution in [2.75, 3.05) is 40.0 Å². The smallest absolute Gasteiger partial charge is 0.311 e. The van der Waals surface area contributed by atoms with E-state index in [2.05, 4.69) is 0 Å². The molecule has 0 bridgehead atoms. The van der Waals surface area contributed by atoms with Gasteiger partial charge in [-0.3, -0.25) is 9.59 Å². The first-order valence-electron chi connectivity index (χ1n) is 6.68. The molecule has 2 saturated heterocycles. The summed E-state index contributed by atoms with van der Waals surface area (Å²) < 4.78 is 10.3. The van der Waals surface area contributed by atoms with E-state index in [0.717, 1.165) is 0 Å². The highest BCUT2D eigenvalue weighted by molar-refractivity contribution is 5.81. The first-order chi connectivity index (χ1) is 9.10. The molecule has 0 saturated carbocycles. The van der Waals surface area contributed by atoms with Crippen LogP contribution in [0.25, 0.3) is 0 Å². The summed E-state index contributed by atoms with van der Waals surface area (Å²) in [5.41, 5.74) is -0.796. The SMILES string of the molecule is COCCCC(=O)N1C[C@H]2COCC[C@@]2(C(=O)O)C1. The van der Waals surface area contributed by atoms with Crippen molar-refractivity contribution in [1.29, 1.82) is 0 Å². The molecule has 2 aliphatic rings. The average Bonchev–Trinajstić information content (AvgIpc) is 2.79. The number of methoxy groups -OCH3 is 1. The molecule has 0 aliphatic carbocycles. The van der Waals surface area contributed by atoms with Gasteiger partial charge >= 0.3 is 5.97 Å². The van der Waals surface area contributed by atoms with E-state index in [4.69, 9.17) is 9.47 Å². The largest absolute Gasteiger partial charge is 0.481 e. The fraction of sp³-hybridized carbons (Fsp3) is 0.846. The number of carbonyl (C=O) groups excluding carboxylic acids is 1. The van der Waals surface area contributed by atoms with E-state index in [1.807, 2.05) is 0 Å². The lowest BCUT2D eigenvalue weighted by Crippen LogP contribution is -2.45. The van der Waals surface area contributed by atoms with Crippen molar-refractivity contribution in [2.24, 2.45) is 11.3 Å². The Morgan fingerprint density at radius 3 is 2.95 bits per heavy atom. The highest BCUT2D eigenvalue weighted by Gasteiger charge is 2.54. The first kappa shape index (κ1) is 14.3. The van der Waals surface area contributed by atoms with E-state index in [-0.39, 0.29) is 11.8 Å². The van der Waals surface area contributed by atoms with Crippen LogP contribution in [0.5, 0.6) is 0 Å². The van der Waals surface area contributed by atoms with Crippen molar-refractivity contribution in [2.45, 2.75) is 19.3 Å². The Morgan fingerprint density at radius 2 is 2.32 bits per heavy atom. The third-order valence-corrected chi connectivity index (χ3v) is 4.22. The van der Waals surface area contributed by atoms with Crippen LogP contribution in [0.1, 0.15) is 19.3 Å². The van der Waals surface area contributed by atoms with E-state index in [0.29, 0.717) is 52.2 Å². The Morgan fingerprint density at radius 1 is 1.53 bits per heavy atom. The number of carboxylic acid groups (broad SMARTS) is 1. The zero-order valence-corrected chi connectivity index (χ0v) is 11.3. The molecule has 0 aromatic carbocycles. The van der Waals surface area contributed by atoms with Crippen LogP contribution in [0.2, 0.25) is 0 Å². The lowest BCUT2D eigenvalue weighted by Gasteiger charge is -2.33. The van der Waals surface area contributed by atoms with Gasteiger partial charge in [-0.15, -0.1) is 0 Å². The summed E-state index contributed by atoms with van der Waals surface area (Å²) in [6, 6.07) is 0. The molecule has 2 aliphatic heterocycles. The molecule has 2 heterocycles. The second-order valence-corrected chi connectivity index (χ2v) is 5.35. The molecule has 108 valence electrons. The number of hydrogen-bond acceptors (Lipinski definition) is 4. The van der Waals surface area contributed by atoms with Crippen molar-refractivity contribution in [3.63, 3.8) is 0 Å². The molecule has 0 unspecified atom stereocenters. The number of fused-ring (bicyclic) bond motifs is 1. The molecular weight excluding hydrogens is 250 g/mol. The van der Waals surface area contributed by atoms with Gasteiger partial charge < -0.3 is 19.5 Å². The van der Waals surface area contributed by atoms with Crippen LogP contribution >= 0.6 is 0 Å². The summed E-state index contributed by atoms with van der Waals surface area (Å²) in [5.74, 6) is -0.856. The number of hydrogen-bond donors (Lipinski definition) is 1. The zero-order valence-electron chi connectivity index (χ0n) is 11.3. The minimum atomic E-state index is -0.798. The second kappa shape index (κ2) is 5.88. The summed E-state index contributed by atoms with van der Waals surface area (Å²) in [6.45, 7) is 2.28. The number of nitrogens with zero attached hydrogens (tertiary/aromatic N) is 1. The summed E-state index contributed by atoms with van der Waals surface area (Å²) in [7, 11) is 1.60. The number of rotatable bonds is 5. The maximum atomic E-state index is 12.1. The van der Waals surface area contributed by atoms with Gasteiger partial charge in [-0.25, -0.2) is 0 Å². The van der Waals surface area contributed by atoms with Crippen LogP contribution in [-0.4, -0.2) is 61.9 Å². The van der Waals surface area contributed by atoms with Crippen LogP contribution in [0, 0.1) is 11.3 Å². The van der Waals surface area contributed by atoms with Gasteiger partial charge in [0.2, 0.25) is 5.91 Å². The van der Waals surface area contributed by atoms with E-state index < -0.39 is 11.4 Å². The predicted molar refractivity (Wildman–Crippen MR) is 66.7 cm³/mol. The maximum absolute atomic E-state index is 12.1. The van der Waals surface area contributed by atoms with Gasteiger partial charge in [0.25, 0.3) is 0 Å². The molecule has 0 spiro atoms. The first-order valence-corrected chi connectivity index (χ1v) is 6.68. The normalized spacial score (nSPS) is 30.2. The van der Waals surface area contributed by atoms with E-state index in [9.17, 15) is 14.7 Å². The van der Waals surface area contributed by atoms with Crippen LogP contribution in [0.15, 0.2) is 0 Å². The van der Waals surface area contributed by atoms with Gasteiger partial charge in [-0.1, -0.05) is 0 Å². The molecule has 2 rings (SSSR count). The lowest BCUT2D eigenvalue weighted by molar-refractivity contribution is -0.157. The summed E-state index contributed by atoms with van der Waals surface area (Å²) in [5, 5.41) is 9.50. The summed E-state index contributed by atoms with van der Waals surface area (Å²) >= 11 is 0. The molecule has 1 amide bonds. The van der Waals surface area contributed by atoms with Crippen LogP contribution in [-0.2, 0) is 19.1 Å². The third-order valence-electron chi connectivity index (χ3n) is 4.22. The van der Waals surface area contributed by atoms with Crippen LogP contribution in [0.4, 0.5) is 0 Å². The van der Waals surface area contributed by atoms with E-state index in [1.54, 1.807) is 12.0 Å². The Kier molecular flexibility index (Phi) is 4.42. The summed E-state index contributed by atoms with van der Waals surface area (Å²) in [4.78, 5) is 25.3. The fourth-order valence-corrected chi connectivity index (χ4v) is 3.02. The maximum Gasteiger partial charge on any atom is 0.311 e.